The van der Waals surface area contributed by atoms with Gasteiger partial charge in [0.15, 0.2) is 0 Å². The summed E-state index contributed by atoms with van der Waals surface area (Å²) in [4.78, 5) is 0. The van der Waals surface area contributed by atoms with Gasteiger partial charge in [-0.3, -0.25) is 4.55 Å². The summed E-state index contributed by atoms with van der Waals surface area (Å²) < 4.78 is 28.2. The molecule has 1 N–H and O–H groups in total. The molecule has 0 aromatic rings. The molecule has 5 heteroatoms. The Morgan fingerprint density at radius 1 is 1.56 bits per heavy atom. The van der Waals surface area contributed by atoms with Crippen molar-refractivity contribution >= 4 is 10.1 Å². The van der Waals surface area contributed by atoms with Gasteiger partial charge in [-0.25, -0.2) is 0 Å². The van der Waals surface area contributed by atoms with Gasteiger partial charge in [0.1, 0.15) is 0 Å². The monoisotopic (exact) mass is 146 g/mol. The third-order valence-corrected chi connectivity index (χ3v) is 1.63. The second kappa shape index (κ2) is 4.34. The quantitative estimate of drug-likeness (QED) is 0.350. The predicted molar refractivity (Wildman–Crippen MR) is 32.4 cm³/mol. The zero-order valence-corrected chi connectivity index (χ0v) is 6.77. The van der Waals surface area contributed by atoms with Crippen LogP contribution in [0.25, 0.3) is 0 Å². The minimum Gasteiger partial charge on any atom is -1.00 e. The molecule has 0 saturated heterocycles. The van der Waals surface area contributed by atoms with Crippen LogP contribution in [0.4, 0.5) is 0 Å². The summed E-state index contributed by atoms with van der Waals surface area (Å²) in [5.74, 6) is -0.141. The molecule has 0 aromatic carbocycles. The van der Waals surface area contributed by atoms with E-state index in [1.165, 1.54) is 0 Å². The first kappa shape index (κ1) is 12.2. The Labute approximate surface area is 69.2 Å². The number of hydrogen-bond acceptors (Lipinski definition) is 2. The molecule has 0 aliphatic heterocycles. The van der Waals surface area contributed by atoms with Gasteiger partial charge in [0.05, 0.1) is 5.75 Å². The molecule has 0 unspecified atom stereocenters. The summed E-state index contributed by atoms with van der Waals surface area (Å²) in [5.41, 5.74) is 0. The molecular formula is C4H11LiO3S. The second-order valence-corrected chi connectivity index (χ2v) is 3.64. The van der Waals surface area contributed by atoms with Gasteiger partial charge in [-0.2, -0.15) is 8.42 Å². The fourth-order valence-electron chi connectivity index (χ4n) is 0.421. The summed E-state index contributed by atoms with van der Waals surface area (Å²) >= 11 is 0. The fraction of sp³-hybridized carbons (Fsp3) is 1.00. The number of hydrogen-bond donors (Lipinski definition) is 1. The molecule has 0 bridgehead atoms. The average Bonchev–Trinajstić information content (AvgIpc) is 1.21. The molecule has 0 rings (SSSR count). The Balaban J connectivity index is -0.000000245. The van der Waals surface area contributed by atoms with Crippen LogP contribution in [0.1, 0.15) is 15.3 Å². The van der Waals surface area contributed by atoms with E-state index >= 15 is 0 Å². The zero-order chi connectivity index (χ0) is 6.78. The summed E-state index contributed by atoms with van der Waals surface area (Å²) in [6.45, 7) is 3.46. The maximum absolute atomic E-state index is 10.00. The summed E-state index contributed by atoms with van der Waals surface area (Å²) in [6.07, 6.45) is 0. The molecule has 0 fully saturated rings. The molecule has 0 aliphatic carbocycles. The maximum atomic E-state index is 10.00. The minimum atomic E-state index is -3.72. The molecule has 0 aliphatic rings. The first-order valence-corrected chi connectivity index (χ1v) is 3.98. The van der Waals surface area contributed by atoms with Gasteiger partial charge in [-0.05, 0) is 5.92 Å². The second-order valence-electron chi connectivity index (χ2n) is 2.14. The van der Waals surface area contributed by atoms with Gasteiger partial charge in [0, 0.05) is 0 Å². The normalized spacial score (nSPS) is 11.1. The topological polar surface area (TPSA) is 54.4 Å². The van der Waals surface area contributed by atoms with Crippen molar-refractivity contribution in [1.29, 1.82) is 0 Å². The van der Waals surface area contributed by atoms with E-state index in [0.717, 1.165) is 0 Å². The number of rotatable bonds is 2. The van der Waals surface area contributed by atoms with E-state index in [-0.39, 0.29) is 32.0 Å². The van der Waals surface area contributed by atoms with Crippen LogP contribution in [0.3, 0.4) is 0 Å². The van der Waals surface area contributed by atoms with Crippen LogP contribution in [-0.4, -0.2) is 18.7 Å². The molecule has 0 spiro atoms. The van der Waals surface area contributed by atoms with Crippen LogP contribution in [0, 0.1) is 5.92 Å². The summed E-state index contributed by atoms with van der Waals surface area (Å²) in [7, 11) is -3.72. The first-order chi connectivity index (χ1) is 3.42. The van der Waals surface area contributed by atoms with Gasteiger partial charge >= 0.3 is 18.9 Å². The first-order valence-electron chi connectivity index (χ1n) is 2.37. The molecule has 0 radical (unpaired) electrons. The molecule has 0 aromatic heterocycles. The Kier molecular flexibility index (Phi) is 5.89. The van der Waals surface area contributed by atoms with Crippen molar-refractivity contribution < 1.29 is 33.3 Å². The molecule has 0 atom stereocenters. The minimum absolute atomic E-state index is 0. The van der Waals surface area contributed by atoms with E-state index in [1.54, 1.807) is 13.8 Å². The van der Waals surface area contributed by atoms with Gasteiger partial charge in [-0.1, -0.05) is 13.8 Å². The van der Waals surface area contributed by atoms with E-state index in [0.29, 0.717) is 0 Å². The van der Waals surface area contributed by atoms with E-state index < -0.39 is 10.1 Å². The van der Waals surface area contributed by atoms with Crippen molar-refractivity contribution in [2.45, 2.75) is 13.8 Å². The molecule has 0 amide bonds. The van der Waals surface area contributed by atoms with Crippen LogP contribution in [-0.2, 0) is 10.1 Å². The van der Waals surface area contributed by atoms with Crippen LogP contribution in [0.15, 0.2) is 0 Å². The van der Waals surface area contributed by atoms with Crippen LogP contribution >= 0.6 is 0 Å². The average molecular weight is 146 g/mol. The van der Waals surface area contributed by atoms with E-state index in [9.17, 15) is 8.42 Å². The largest absolute Gasteiger partial charge is 1.00 e. The standard InChI is InChI=1S/C4H10O3S.Li.H/c1-4(2)3-8(5,6)7;;/h4H,3H2,1-2H3,(H,5,6,7);;/q;+1;-1. The van der Waals surface area contributed by atoms with Gasteiger partial charge in [0.25, 0.3) is 10.1 Å². The van der Waals surface area contributed by atoms with E-state index in [2.05, 4.69) is 0 Å². The molecule has 0 saturated carbocycles. The van der Waals surface area contributed by atoms with E-state index in [1.807, 2.05) is 0 Å². The molecule has 0 heterocycles. The van der Waals surface area contributed by atoms with Gasteiger partial charge in [-0.15, -0.1) is 0 Å². The predicted octanol–water partition coefficient (Wildman–Crippen LogP) is -2.35. The van der Waals surface area contributed by atoms with Crippen molar-refractivity contribution in [3.8, 4) is 0 Å². The van der Waals surface area contributed by atoms with Crippen LogP contribution in [0.5, 0.6) is 0 Å². The van der Waals surface area contributed by atoms with Crippen molar-refractivity contribution in [3.63, 3.8) is 0 Å². The SMILES string of the molecule is CC(C)CS(=O)(=O)O.[H-].[Li+]. The van der Waals surface area contributed by atoms with Crippen molar-refractivity contribution in [2.75, 3.05) is 5.75 Å². The van der Waals surface area contributed by atoms with Crippen molar-refractivity contribution in [2.24, 2.45) is 5.92 Å². The molecule has 3 nitrogen and oxygen atoms in total. The van der Waals surface area contributed by atoms with Gasteiger partial charge < -0.3 is 1.43 Å². The van der Waals surface area contributed by atoms with Crippen molar-refractivity contribution in [1.82, 2.24) is 0 Å². The van der Waals surface area contributed by atoms with Crippen LogP contribution < -0.4 is 18.9 Å². The molecule has 52 valence electrons. The Hall–Kier alpha value is 0.507. The molecule has 9 heavy (non-hydrogen) atoms. The smallest absolute Gasteiger partial charge is 1.00 e. The van der Waals surface area contributed by atoms with Crippen molar-refractivity contribution in [3.05, 3.63) is 0 Å². The Bertz CT molecular complexity index is 154. The third-order valence-electron chi connectivity index (χ3n) is 0.544. The maximum Gasteiger partial charge on any atom is 1.00 e. The fourth-order valence-corrected chi connectivity index (χ4v) is 1.26. The molecular weight excluding hydrogens is 135 g/mol. The van der Waals surface area contributed by atoms with E-state index in [4.69, 9.17) is 4.55 Å². The Morgan fingerprint density at radius 2 is 1.89 bits per heavy atom. The van der Waals surface area contributed by atoms with Crippen LogP contribution in [0.2, 0.25) is 0 Å². The van der Waals surface area contributed by atoms with Gasteiger partial charge in [0.2, 0.25) is 0 Å². The Morgan fingerprint density at radius 3 is 1.89 bits per heavy atom. The summed E-state index contributed by atoms with van der Waals surface area (Å²) in [6, 6.07) is 0. The summed E-state index contributed by atoms with van der Waals surface area (Å²) in [5, 5.41) is 0. The zero-order valence-electron chi connectivity index (χ0n) is 6.96. The third kappa shape index (κ3) is 11.9.